The Kier molecular flexibility index (Phi) is 8.55. The van der Waals surface area contributed by atoms with Crippen LogP contribution in [0.5, 0.6) is 0 Å². The number of rotatable bonds is 6. The zero-order chi connectivity index (χ0) is 27.5. The van der Waals surface area contributed by atoms with Gasteiger partial charge in [-0.1, -0.05) is 6.57 Å². The molecule has 3 heterocycles. The lowest BCUT2D eigenvalue weighted by Gasteiger charge is -2.27. The number of fused-ring (bicyclic) bond motifs is 1. The number of carbonyl (C=O) groups excluding carboxylic acids is 2. The predicted molar refractivity (Wildman–Crippen MR) is 147 cm³/mol. The molecule has 0 fully saturated rings. The number of halogens is 1. The fourth-order valence-corrected chi connectivity index (χ4v) is 5.51. The summed E-state index contributed by atoms with van der Waals surface area (Å²) in [6.45, 7) is 20.4. The molecule has 0 unspecified atom stereocenters. The van der Waals surface area contributed by atoms with Crippen LogP contribution in [-0.4, -0.2) is 34.4 Å². The van der Waals surface area contributed by atoms with Crippen molar-refractivity contribution in [3.63, 3.8) is 0 Å². The van der Waals surface area contributed by atoms with Crippen molar-refractivity contribution in [3.05, 3.63) is 51.0 Å². The van der Waals surface area contributed by atoms with Gasteiger partial charge >= 0.3 is 12.2 Å². The van der Waals surface area contributed by atoms with E-state index in [0.717, 1.165) is 4.88 Å². The highest BCUT2D eigenvalue weighted by Crippen LogP contribution is 2.43. The molecule has 0 spiro atoms. The number of nitrogens with one attached hydrogen (secondary N) is 1. The second kappa shape index (κ2) is 11.1. The van der Waals surface area contributed by atoms with Crippen LogP contribution < -0.4 is 10.2 Å². The summed E-state index contributed by atoms with van der Waals surface area (Å²) in [5, 5.41) is 2.85. The molecule has 0 radical (unpaired) electrons. The standard InChI is InChI=1S/C26H31BrN4O5S/c1-15(29-23(32)35-25(2,3)4)12-18-20(27)21-22(37-18)17(13-19(28-8)30-21)31(14-16-10-9-11-34-16)24(33)36-26(5,6)7/h9-11,13,15H,12,14H2,1-7H3,(H,29,32)/t15-/m0/s1. The Morgan fingerprint density at radius 1 is 1.24 bits per heavy atom. The number of nitrogens with zero attached hydrogens (tertiary/aromatic N) is 3. The van der Waals surface area contributed by atoms with Crippen molar-refractivity contribution in [1.82, 2.24) is 10.3 Å². The molecule has 3 aromatic heterocycles. The molecular formula is C26H31BrN4O5S. The second-order valence-electron chi connectivity index (χ2n) is 10.5. The van der Waals surface area contributed by atoms with E-state index in [2.05, 4.69) is 31.1 Å². The van der Waals surface area contributed by atoms with Crippen molar-refractivity contribution in [2.75, 3.05) is 4.90 Å². The molecule has 198 valence electrons. The summed E-state index contributed by atoms with van der Waals surface area (Å²) in [6.07, 6.45) is 0.950. The van der Waals surface area contributed by atoms with E-state index in [4.69, 9.17) is 20.5 Å². The van der Waals surface area contributed by atoms with E-state index < -0.39 is 23.4 Å². The zero-order valence-electron chi connectivity index (χ0n) is 22.0. The van der Waals surface area contributed by atoms with Crippen LogP contribution >= 0.6 is 27.3 Å². The van der Waals surface area contributed by atoms with Crippen molar-refractivity contribution in [1.29, 1.82) is 0 Å². The van der Waals surface area contributed by atoms with E-state index in [1.165, 1.54) is 22.5 Å². The average molecular weight is 592 g/mol. The molecule has 2 amide bonds. The smallest absolute Gasteiger partial charge is 0.415 e. The van der Waals surface area contributed by atoms with E-state index >= 15 is 0 Å². The van der Waals surface area contributed by atoms with Gasteiger partial charge in [-0.2, -0.15) is 0 Å². The van der Waals surface area contributed by atoms with E-state index in [-0.39, 0.29) is 18.4 Å². The fraction of sp³-hybridized carbons (Fsp3) is 0.462. The van der Waals surface area contributed by atoms with Gasteiger partial charge in [-0.3, -0.25) is 4.90 Å². The van der Waals surface area contributed by atoms with Crippen molar-refractivity contribution in [2.24, 2.45) is 0 Å². The summed E-state index contributed by atoms with van der Waals surface area (Å²) in [6, 6.07) is 4.85. The molecule has 0 saturated carbocycles. The number of alkyl carbamates (subject to hydrolysis) is 1. The van der Waals surface area contributed by atoms with Gasteiger partial charge in [0, 0.05) is 17.3 Å². The van der Waals surface area contributed by atoms with Crippen molar-refractivity contribution in [3.8, 4) is 0 Å². The number of pyridine rings is 1. The minimum absolute atomic E-state index is 0.111. The van der Waals surface area contributed by atoms with Gasteiger partial charge in [0.15, 0.2) is 5.52 Å². The van der Waals surface area contributed by atoms with Crippen LogP contribution in [0, 0.1) is 6.57 Å². The van der Waals surface area contributed by atoms with Gasteiger partial charge in [0.05, 0.1) is 23.0 Å². The average Bonchev–Trinajstić information content (AvgIpc) is 3.37. The molecule has 37 heavy (non-hydrogen) atoms. The highest BCUT2D eigenvalue weighted by atomic mass is 79.9. The SMILES string of the molecule is [C-]#[N+]c1cc(N(Cc2ccco2)C(=O)OC(C)(C)C)c2sc(C[C@H](C)NC(=O)OC(C)(C)C)c(Br)c2n1. The van der Waals surface area contributed by atoms with Gasteiger partial charge in [-0.15, -0.1) is 16.3 Å². The molecule has 0 aliphatic heterocycles. The summed E-state index contributed by atoms with van der Waals surface area (Å²) in [5.41, 5.74) is -0.278. The number of furan rings is 1. The fourth-order valence-electron chi connectivity index (χ4n) is 3.41. The summed E-state index contributed by atoms with van der Waals surface area (Å²) in [4.78, 5) is 35.9. The van der Waals surface area contributed by atoms with E-state index in [1.54, 1.807) is 59.7 Å². The van der Waals surface area contributed by atoms with E-state index in [0.29, 0.717) is 32.6 Å². The molecule has 9 nitrogen and oxygen atoms in total. The zero-order valence-corrected chi connectivity index (χ0v) is 24.4. The lowest BCUT2D eigenvalue weighted by atomic mass is 10.2. The summed E-state index contributed by atoms with van der Waals surface area (Å²) < 4.78 is 18.0. The number of ether oxygens (including phenoxy) is 2. The normalized spacial score (nSPS) is 12.6. The monoisotopic (exact) mass is 590 g/mol. The highest BCUT2D eigenvalue weighted by molar-refractivity contribution is 9.10. The number of hydrogen-bond acceptors (Lipinski definition) is 7. The molecular weight excluding hydrogens is 560 g/mol. The Hall–Kier alpha value is -3.10. The van der Waals surface area contributed by atoms with Crippen LogP contribution in [-0.2, 0) is 22.4 Å². The third-order valence-electron chi connectivity index (χ3n) is 4.79. The summed E-state index contributed by atoms with van der Waals surface area (Å²) in [5.74, 6) is 0.701. The van der Waals surface area contributed by atoms with Gasteiger partial charge in [0.2, 0.25) is 0 Å². The van der Waals surface area contributed by atoms with Crippen LogP contribution in [0.15, 0.2) is 33.4 Å². The highest BCUT2D eigenvalue weighted by Gasteiger charge is 2.29. The van der Waals surface area contributed by atoms with Gasteiger partial charge in [0.1, 0.15) is 21.7 Å². The van der Waals surface area contributed by atoms with Crippen LogP contribution in [0.3, 0.4) is 0 Å². The third kappa shape index (κ3) is 7.69. The molecule has 1 N–H and O–H groups in total. The van der Waals surface area contributed by atoms with Crippen LogP contribution in [0.25, 0.3) is 15.1 Å². The van der Waals surface area contributed by atoms with Crippen LogP contribution in [0.2, 0.25) is 0 Å². The first kappa shape index (κ1) is 28.5. The number of anilines is 1. The molecule has 0 aromatic carbocycles. The second-order valence-corrected chi connectivity index (χ2v) is 12.4. The topological polar surface area (TPSA) is 98.3 Å². The molecule has 0 aliphatic rings. The van der Waals surface area contributed by atoms with Gasteiger partial charge in [-0.25, -0.2) is 9.59 Å². The first-order chi connectivity index (χ1) is 17.2. The number of aromatic nitrogens is 1. The first-order valence-electron chi connectivity index (χ1n) is 11.7. The van der Waals surface area contributed by atoms with Crippen molar-refractivity contribution < 1.29 is 23.5 Å². The summed E-state index contributed by atoms with van der Waals surface area (Å²) in [7, 11) is 0. The maximum atomic E-state index is 13.3. The Bertz CT molecular complexity index is 1320. The number of carbonyl (C=O) groups is 2. The van der Waals surface area contributed by atoms with Gasteiger partial charge in [0.25, 0.3) is 5.82 Å². The minimum atomic E-state index is -0.725. The maximum absolute atomic E-state index is 13.3. The van der Waals surface area contributed by atoms with Crippen molar-refractivity contribution in [2.45, 2.75) is 78.7 Å². The van der Waals surface area contributed by atoms with Crippen LogP contribution in [0.4, 0.5) is 21.1 Å². The third-order valence-corrected chi connectivity index (χ3v) is 7.13. The largest absolute Gasteiger partial charge is 0.467 e. The lowest BCUT2D eigenvalue weighted by molar-refractivity contribution is 0.0507. The molecule has 0 bridgehead atoms. The molecule has 3 aromatic rings. The number of amides is 2. The van der Waals surface area contributed by atoms with Crippen molar-refractivity contribution >= 4 is 61.2 Å². The lowest BCUT2D eigenvalue weighted by Crippen LogP contribution is -2.38. The number of thiophene rings is 1. The Balaban J connectivity index is 2.02. The molecule has 3 rings (SSSR count). The number of hydrogen-bond donors (Lipinski definition) is 1. The summed E-state index contributed by atoms with van der Waals surface area (Å²) >= 11 is 5.07. The first-order valence-corrected chi connectivity index (χ1v) is 13.3. The van der Waals surface area contributed by atoms with Crippen LogP contribution in [0.1, 0.15) is 59.1 Å². The molecule has 1 atom stereocenters. The van der Waals surface area contributed by atoms with E-state index in [9.17, 15) is 9.59 Å². The quantitative estimate of drug-likeness (QED) is 0.297. The molecule has 0 aliphatic carbocycles. The minimum Gasteiger partial charge on any atom is -0.467 e. The molecule has 11 heteroatoms. The van der Waals surface area contributed by atoms with Gasteiger partial charge in [-0.05, 0) is 82.6 Å². The maximum Gasteiger partial charge on any atom is 0.415 e. The van der Waals surface area contributed by atoms with E-state index in [1.807, 2.05) is 6.92 Å². The van der Waals surface area contributed by atoms with Gasteiger partial charge < -0.3 is 24.1 Å². The Labute approximate surface area is 229 Å². The molecule has 0 saturated heterocycles. The Morgan fingerprint density at radius 2 is 1.92 bits per heavy atom. The predicted octanol–water partition coefficient (Wildman–Crippen LogP) is 7.60. The Morgan fingerprint density at radius 3 is 2.49 bits per heavy atom.